The molecule has 3 heterocycles. The van der Waals surface area contributed by atoms with Crippen LogP contribution in [0.25, 0.3) is 19.5 Å². The lowest BCUT2D eigenvalue weighted by atomic mass is 10.2. The molecule has 0 aromatic carbocycles. The summed E-state index contributed by atoms with van der Waals surface area (Å²) in [5.74, 6) is 0. The van der Waals surface area contributed by atoms with E-state index < -0.39 is 0 Å². The zero-order chi connectivity index (χ0) is 14.8. The molecule has 1 atom stereocenters. The normalized spacial score (nSPS) is 12.7. The molecule has 0 bridgehead atoms. The van der Waals surface area contributed by atoms with Crippen LogP contribution in [0.3, 0.4) is 0 Å². The van der Waals surface area contributed by atoms with Gasteiger partial charge >= 0.3 is 0 Å². The van der Waals surface area contributed by atoms with Crippen LogP contribution >= 0.6 is 49.9 Å². The Morgan fingerprint density at radius 3 is 2.10 bits per heavy atom. The second kappa shape index (κ2) is 6.73. The number of halogens is 1. The molecule has 0 spiro atoms. The van der Waals surface area contributed by atoms with Gasteiger partial charge in [-0.1, -0.05) is 0 Å². The molecule has 6 heteroatoms. The molecule has 3 aromatic heterocycles. The summed E-state index contributed by atoms with van der Waals surface area (Å²) in [6, 6.07) is 12.7. The molecule has 2 nitrogen and oxygen atoms in total. The number of aliphatic hydroxyl groups is 1. The lowest BCUT2D eigenvalue weighted by Gasteiger charge is -2.04. The number of hydrogen-bond donors (Lipinski definition) is 2. The van der Waals surface area contributed by atoms with Crippen molar-refractivity contribution in [2.75, 3.05) is 6.61 Å². The van der Waals surface area contributed by atoms with Crippen molar-refractivity contribution in [1.82, 2.24) is 0 Å². The molecule has 3 rings (SSSR count). The van der Waals surface area contributed by atoms with Gasteiger partial charge in [-0.25, -0.2) is 0 Å². The van der Waals surface area contributed by atoms with Crippen molar-refractivity contribution >= 4 is 49.9 Å². The topological polar surface area (TPSA) is 46.2 Å². The van der Waals surface area contributed by atoms with Gasteiger partial charge < -0.3 is 10.8 Å². The first-order chi connectivity index (χ1) is 10.2. The molecule has 0 aliphatic carbocycles. The van der Waals surface area contributed by atoms with Crippen molar-refractivity contribution in [2.24, 2.45) is 5.73 Å². The van der Waals surface area contributed by atoms with E-state index >= 15 is 0 Å². The molecule has 21 heavy (non-hydrogen) atoms. The van der Waals surface area contributed by atoms with Gasteiger partial charge in [0.25, 0.3) is 0 Å². The molecule has 0 aliphatic rings. The summed E-state index contributed by atoms with van der Waals surface area (Å²) in [4.78, 5) is 6.35. The predicted octanol–water partition coefficient (Wildman–Crippen LogP) is 4.83. The highest BCUT2D eigenvalue weighted by molar-refractivity contribution is 9.11. The molecule has 0 aliphatic heterocycles. The minimum Gasteiger partial charge on any atom is -0.395 e. The fourth-order valence-electron chi connectivity index (χ4n) is 1.99. The maximum Gasteiger partial charge on any atom is 0.0705 e. The van der Waals surface area contributed by atoms with Crippen LogP contribution in [0.2, 0.25) is 0 Å². The highest BCUT2D eigenvalue weighted by Crippen LogP contribution is 2.40. The Morgan fingerprint density at radius 2 is 1.48 bits per heavy atom. The molecule has 0 radical (unpaired) electrons. The lowest BCUT2D eigenvalue weighted by molar-refractivity contribution is 0.266. The van der Waals surface area contributed by atoms with Gasteiger partial charge in [0.1, 0.15) is 0 Å². The fraction of sp³-hybridized carbons (Fsp3) is 0.200. The van der Waals surface area contributed by atoms with Crippen molar-refractivity contribution in [3.05, 3.63) is 45.1 Å². The minimum absolute atomic E-state index is 0.0314. The zero-order valence-electron chi connectivity index (χ0n) is 11.1. The van der Waals surface area contributed by atoms with Crippen molar-refractivity contribution in [1.29, 1.82) is 0 Å². The highest BCUT2D eigenvalue weighted by Gasteiger charge is 2.10. The van der Waals surface area contributed by atoms with Crippen molar-refractivity contribution in [3.8, 4) is 19.5 Å². The first kappa shape index (κ1) is 15.4. The van der Waals surface area contributed by atoms with Crippen molar-refractivity contribution in [2.45, 2.75) is 12.5 Å². The van der Waals surface area contributed by atoms with Gasteiger partial charge in [-0.15, -0.1) is 34.0 Å². The Bertz CT molecular complexity index is 731. The third-order valence-electron chi connectivity index (χ3n) is 3.02. The quantitative estimate of drug-likeness (QED) is 0.645. The van der Waals surface area contributed by atoms with Crippen LogP contribution in [-0.2, 0) is 6.42 Å². The van der Waals surface area contributed by atoms with E-state index in [1.54, 1.807) is 22.7 Å². The Kier molecular flexibility index (Phi) is 4.93. The van der Waals surface area contributed by atoms with Crippen LogP contribution < -0.4 is 5.73 Å². The van der Waals surface area contributed by atoms with E-state index in [0.717, 1.165) is 10.2 Å². The van der Waals surface area contributed by atoms with E-state index in [1.165, 1.54) is 24.4 Å². The summed E-state index contributed by atoms with van der Waals surface area (Å²) >= 11 is 8.83. The smallest absolute Gasteiger partial charge is 0.0705 e. The zero-order valence-corrected chi connectivity index (χ0v) is 15.1. The number of nitrogens with two attached hydrogens (primary N) is 1. The lowest BCUT2D eigenvalue weighted by Crippen LogP contribution is -2.26. The summed E-state index contributed by atoms with van der Waals surface area (Å²) in [5.41, 5.74) is 5.79. The molecular weight excluding hydrogens is 386 g/mol. The Hall–Kier alpha value is -0.500. The molecule has 3 N–H and O–H groups in total. The van der Waals surface area contributed by atoms with Gasteiger partial charge in [0, 0.05) is 30.4 Å². The molecule has 0 fully saturated rings. The molecule has 1 unspecified atom stereocenters. The van der Waals surface area contributed by atoms with Gasteiger partial charge in [-0.2, -0.15) is 0 Å². The first-order valence-corrected chi connectivity index (χ1v) is 9.71. The standard InChI is InChI=1S/C15H14BrNOS3/c16-15-6-5-14(21-15)13-4-3-12(20-13)11-2-1-10(19-11)7-9(17)8-18/h1-6,9,18H,7-8,17H2. The van der Waals surface area contributed by atoms with Crippen molar-refractivity contribution < 1.29 is 5.11 Å². The predicted molar refractivity (Wildman–Crippen MR) is 97.4 cm³/mol. The SMILES string of the molecule is NC(CO)Cc1ccc(-c2ccc(-c3ccc(Br)s3)s2)s1. The molecule has 110 valence electrons. The molecular formula is C15H14BrNOS3. The molecule has 0 amide bonds. The summed E-state index contributed by atoms with van der Waals surface area (Å²) in [7, 11) is 0. The monoisotopic (exact) mass is 399 g/mol. The van der Waals surface area contributed by atoms with E-state index in [2.05, 4.69) is 52.3 Å². The van der Waals surface area contributed by atoms with Crippen LogP contribution in [-0.4, -0.2) is 17.8 Å². The Morgan fingerprint density at radius 1 is 0.905 bits per heavy atom. The van der Waals surface area contributed by atoms with Gasteiger partial charge in [-0.05, 0) is 58.7 Å². The van der Waals surface area contributed by atoms with Gasteiger partial charge in [0.15, 0.2) is 0 Å². The third kappa shape index (κ3) is 3.64. The largest absolute Gasteiger partial charge is 0.395 e. The van der Waals surface area contributed by atoms with Crippen LogP contribution in [0.15, 0.2) is 40.2 Å². The minimum atomic E-state index is -0.168. The highest BCUT2D eigenvalue weighted by atomic mass is 79.9. The number of aliphatic hydroxyl groups excluding tert-OH is 1. The summed E-state index contributed by atoms with van der Waals surface area (Å²) in [6.07, 6.45) is 0.733. The molecule has 0 saturated carbocycles. The van der Waals surface area contributed by atoms with E-state index in [1.807, 2.05) is 11.3 Å². The summed E-state index contributed by atoms with van der Waals surface area (Å²) in [5, 5.41) is 9.03. The molecule has 0 saturated heterocycles. The number of thiophene rings is 3. The Balaban J connectivity index is 1.80. The summed E-state index contributed by atoms with van der Waals surface area (Å²) in [6.45, 7) is 0.0314. The van der Waals surface area contributed by atoms with Gasteiger partial charge in [0.05, 0.1) is 10.4 Å². The fourth-order valence-corrected chi connectivity index (χ4v) is 5.67. The van der Waals surface area contributed by atoms with Crippen LogP contribution in [0.4, 0.5) is 0 Å². The van der Waals surface area contributed by atoms with Crippen LogP contribution in [0.1, 0.15) is 4.88 Å². The van der Waals surface area contributed by atoms with Gasteiger partial charge in [0.2, 0.25) is 0 Å². The maximum absolute atomic E-state index is 9.03. The second-order valence-corrected chi connectivity index (χ2v) is 9.40. The molecule has 3 aromatic rings. The first-order valence-electron chi connectivity index (χ1n) is 6.47. The van der Waals surface area contributed by atoms with Crippen LogP contribution in [0, 0.1) is 0 Å². The van der Waals surface area contributed by atoms with E-state index in [4.69, 9.17) is 10.8 Å². The van der Waals surface area contributed by atoms with Gasteiger partial charge in [-0.3, -0.25) is 0 Å². The summed E-state index contributed by atoms with van der Waals surface area (Å²) < 4.78 is 1.16. The van der Waals surface area contributed by atoms with E-state index in [0.29, 0.717) is 0 Å². The average Bonchev–Trinajstić information content (AvgIpc) is 3.17. The average molecular weight is 400 g/mol. The maximum atomic E-state index is 9.03. The van der Waals surface area contributed by atoms with E-state index in [9.17, 15) is 0 Å². The number of hydrogen-bond acceptors (Lipinski definition) is 5. The second-order valence-electron chi connectivity index (χ2n) is 4.68. The number of rotatable bonds is 5. The van der Waals surface area contributed by atoms with E-state index in [-0.39, 0.29) is 12.6 Å². The Labute approximate surface area is 144 Å². The third-order valence-corrected chi connectivity index (χ3v) is 7.23. The van der Waals surface area contributed by atoms with Crippen molar-refractivity contribution in [3.63, 3.8) is 0 Å². The van der Waals surface area contributed by atoms with Crippen LogP contribution in [0.5, 0.6) is 0 Å².